The van der Waals surface area contributed by atoms with Gasteiger partial charge in [0.2, 0.25) is 0 Å². The number of benzene rings is 2. The Kier molecular flexibility index (Phi) is 5.73. The van der Waals surface area contributed by atoms with Gasteiger partial charge in [-0.15, -0.1) is 0 Å². The number of carbonyl (C=O) groups is 2. The maximum Gasteiger partial charge on any atom is 0.344 e. The van der Waals surface area contributed by atoms with Crippen LogP contribution in [0.3, 0.4) is 0 Å². The highest BCUT2D eigenvalue weighted by molar-refractivity contribution is 5.84. The fraction of sp³-hybridized carbons (Fsp3) is 0.300. The summed E-state index contributed by atoms with van der Waals surface area (Å²) in [6.45, 7) is 1.82. The first-order valence-electron chi connectivity index (χ1n) is 8.53. The smallest absolute Gasteiger partial charge is 0.344 e. The topological polar surface area (TPSA) is 73.9 Å². The Labute approximate surface area is 152 Å². The molecule has 6 nitrogen and oxygen atoms in total. The number of fused-ring (bicyclic) bond motifs is 1. The third-order valence-corrected chi connectivity index (χ3v) is 4.05. The van der Waals surface area contributed by atoms with Crippen LogP contribution in [-0.4, -0.2) is 31.2 Å². The minimum absolute atomic E-state index is 0.158. The molecule has 1 heterocycles. The predicted octanol–water partition coefficient (Wildman–Crippen LogP) is 2.64. The molecule has 3 rings (SSSR count). The lowest BCUT2D eigenvalue weighted by Crippen LogP contribution is -2.40. The normalized spacial score (nSPS) is 16.6. The van der Waals surface area contributed by atoms with Crippen molar-refractivity contribution in [2.75, 3.05) is 13.2 Å². The SMILES string of the molecule is C[C@H](OC(=O)COc1ccccc1)C(=O)N[C@H]1CCOc2ccccc21. The number of amides is 1. The summed E-state index contributed by atoms with van der Waals surface area (Å²) < 4.78 is 16.1. The summed E-state index contributed by atoms with van der Waals surface area (Å²) in [5, 5.41) is 2.92. The Bertz CT molecular complexity index is 762. The Balaban J connectivity index is 1.50. The molecule has 0 aliphatic carbocycles. The first-order valence-corrected chi connectivity index (χ1v) is 8.53. The highest BCUT2D eigenvalue weighted by Gasteiger charge is 2.26. The van der Waals surface area contributed by atoms with Crippen molar-refractivity contribution in [1.29, 1.82) is 0 Å². The number of hydrogen-bond donors (Lipinski definition) is 1. The fourth-order valence-electron chi connectivity index (χ4n) is 2.72. The number of ether oxygens (including phenoxy) is 3. The molecule has 2 atom stereocenters. The van der Waals surface area contributed by atoms with Crippen LogP contribution in [0.25, 0.3) is 0 Å². The molecular formula is C20H21NO5. The molecular weight excluding hydrogens is 334 g/mol. The quantitative estimate of drug-likeness (QED) is 0.807. The van der Waals surface area contributed by atoms with Crippen molar-refractivity contribution in [3.8, 4) is 11.5 Å². The van der Waals surface area contributed by atoms with Gasteiger partial charge in [0.15, 0.2) is 12.7 Å². The highest BCUT2D eigenvalue weighted by Crippen LogP contribution is 2.31. The van der Waals surface area contributed by atoms with Crippen LogP contribution in [0.15, 0.2) is 54.6 Å². The highest BCUT2D eigenvalue weighted by atomic mass is 16.6. The maximum atomic E-state index is 12.4. The Morgan fingerprint density at radius 2 is 1.88 bits per heavy atom. The summed E-state index contributed by atoms with van der Waals surface area (Å²) in [5.41, 5.74) is 0.929. The van der Waals surface area contributed by atoms with Crippen molar-refractivity contribution in [1.82, 2.24) is 5.32 Å². The average molecular weight is 355 g/mol. The molecule has 0 spiro atoms. The van der Waals surface area contributed by atoms with Gasteiger partial charge in [-0.05, 0) is 25.1 Å². The third-order valence-electron chi connectivity index (χ3n) is 4.05. The minimum Gasteiger partial charge on any atom is -0.493 e. The van der Waals surface area contributed by atoms with Crippen molar-refractivity contribution in [3.05, 3.63) is 60.2 Å². The second-order valence-electron chi connectivity index (χ2n) is 5.97. The van der Waals surface area contributed by atoms with Gasteiger partial charge in [0, 0.05) is 12.0 Å². The number of nitrogens with one attached hydrogen (secondary N) is 1. The van der Waals surface area contributed by atoms with Crippen LogP contribution < -0.4 is 14.8 Å². The first-order chi connectivity index (χ1) is 12.6. The molecule has 6 heteroatoms. The number of para-hydroxylation sites is 2. The van der Waals surface area contributed by atoms with E-state index < -0.39 is 12.1 Å². The van der Waals surface area contributed by atoms with E-state index in [1.165, 1.54) is 0 Å². The monoisotopic (exact) mass is 355 g/mol. The maximum absolute atomic E-state index is 12.4. The van der Waals surface area contributed by atoms with E-state index in [4.69, 9.17) is 14.2 Å². The molecule has 0 unspecified atom stereocenters. The van der Waals surface area contributed by atoms with Crippen LogP contribution in [0.5, 0.6) is 11.5 Å². The fourth-order valence-corrected chi connectivity index (χ4v) is 2.72. The Morgan fingerprint density at radius 3 is 2.69 bits per heavy atom. The van der Waals surface area contributed by atoms with Gasteiger partial charge in [-0.1, -0.05) is 36.4 Å². The van der Waals surface area contributed by atoms with Crippen LogP contribution in [0, 0.1) is 0 Å². The van der Waals surface area contributed by atoms with Crippen LogP contribution in [0.1, 0.15) is 24.9 Å². The lowest BCUT2D eigenvalue weighted by molar-refractivity contribution is -0.156. The van der Waals surface area contributed by atoms with Crippen molar-refractivity contribution >= 4 is 11.9 Å². The molecule has 1 amide bonds. The zero-order chi connectivity index (χ0) is 18.4. The largest absolute Gasteiger partial charge is 0.493 e. The van der Waals surface area contributed by atoms with Crippen molar-refractivity contribution in [2.24, 2.45) is 0 Å². The Hall–Kier alpha value is -3.02. The van der Waals surface area contributed by atoms with E-state index in [-0.39, 0.29) is 18.6 Å². The third kappa shape index (κ3) is 4.53. The van der Waals surface area contributed by atoms with Crippen LogP contribution in [-0.2, 0) is 14.3 Å². The van der Waals surface area contributed by atoms with E-state index >= 15 is 0 Å². The van der Waals surface area contributed by atoms with Gasteiger partial charge in [0.25, 0.3) is 5.91 Å². The molecule has 0 saturated heterocycles. The van der Waals surface area contributed by atoms with E-state index in [2.05, 4.69) is 5.32 Å². The van der Waals surface area contributed by atoms with Gasteiger partial charge in [-0.2, -0.15) is 0 Å². The number of esters is 1. The van der Waals surface area contributed by atoms with Crippen LogP contribution in [0.4, 0.5) is 0 Å². The number of rotatable bonds is 6. The van der Waals surface area contributed by atoms with Crippen molar-refractivity contribution in [2.45, 2.75) is 25.5 Å². The summed E-state index contributed by atoms with van der Waals surface area (Å²) in [6, 6.07) is 16.4. The zero-order valence-corrected chi connectivity index (χ0v) is 14.5. The second-order valence-corrected chi connectivity index (χ2v) is 5.97. The molecule has 0 aromatic heterocycles. The van der Waals surface area contributed by atoms with Gasteiger partial charge >= 0.3 is 5.97 Å². The summed E-state index contributed by atoms with van der Waals surface area (Å²) in [5.74, 6) is 0.397. The van der Waals surface area contributed by atoms with Crippen LogP contribution in [0.2, 0.25) is 0 Å². The molecule has 2 aromatic carbocycles. The van der Waals surface area contributed by atoms with Gasteiger partial charge in [-0.3, -0.25) is 4.79 Å². The standard InChI is InChI=1S/C20H21NO5/c1-14(26-19(22)13-25-15-7-3-2-4-8-15)20(23)21-17-11-12-24-18-10-6-5-9-16(17)18/h2-10,14,17H,11-13H2,1H3,(H,21,23)/t14-,17-/m0/s1. The molecule has 1 N–H and O–H groups in total. The van der Waals surface area contributed by atoms with Gasteiger partial charge in [-0.25, -0.2) is 4.79 Å². The van der Waals surface area contributed by atoms with Crippen molar-refractivity contribution < 1.29 is 23.8 Å². The van der Waals surface area contributed by atoms with Crippen molar-refractivity contribution in [3.63, 3.8) is 0 Å². The summed E-state index contributed by atoms with van der Waals surface area (Å²) in [6.07, 6.45) is -0.238. The lowest BCUT2D eigenvalue weighted by atomic mass is 10.0. The zero-order valence-electron chi connectivity index (χ0n) is 14.5. The molecule has 1 aliphatic rings. The molecule has 0 fully saturated rings. The van der Waals surface area contributed by atoms with E-state index in [9.17, 15) is 9.59 Å². The van der Waals surface area contributed by atoms with E-state index in [0.29, 0.717) is 18.8 Å². The number of hydrogen-bond acceptors (Lipinski definition) is 5. The van der Waals surface area contributed by atoms with Crippen LogP contribution >= 0.6 is 0 Å². The van der Waals surface area contributed by atoms with E-state index in [1.807, 2.05) is 42.5 Å². The molecule has 0 radical (unpaired) electrons. The molecule has 2 aromatic rings. The molecule has 26 heavy (non-hydrogen) atoms. The summed E-state index contributed by atoms with van der Waals surface area (Å²) >= 11 is 0. The molecule has 0 bridgehead atoms. The lowest BCUT2D eigenvalue weighted by Gasteiger charge is -2.27. The average Bonchev–Trinajstić information content (AvgIpc) is 2.67. The van der Waals surface area contributed by atoms with Gasteiger partial charge in [0.1, 0.15) is 11.5 Å². The molecule has 1 aliphatic heterocycles. The van der Waals surface area contributed by atoms with E-state index in [0.717, 1.165) is 11.3 Å². The molecule has 0 saturated carbocycles. The van der Waals surface area contributed by atoms with E-state index in [1.54, 1.807) is 19.1 Å². The minimum atomic E-state index is -0.906. The predicted molar refractivity (Wildman–Crippen MR) is 94.9 cm³/mol. The second kappa shape index (κ2) is 8.38. The summed E-state index contributed by atoms with van der Waals surface area (Å²) in [4.78, 5) is 24.2. The first kappa shape index (κ1) is 17.8. The number of carbonyl (C=O) groups excluding carboxylic acids is 2. The Morgan fingerprint density at radius 1 is 1.15 bits per heavy atom. The summed E-state index contributed by atoms with van der Waals surface area (Å²) in [7, 11) is 0. The van der Waals surface area contributed by atoms with Gasteiger partial charge in [0.05, 0.1) is 12.6 Å². The molecule has 136 valence electrons. The van der Waals surface area contributed by atoms with Gasteiger partial charge < -0.3 is 19.5 Å².